The monoisotopic (exact) mass is 202 g/mol. The Balaban J connectivity index is 2.38. The first-order valence-electron chi connectivity index (χ1n) is 5.17. The Morgan fingerprint density at radius 2 is 2.27 bits per heavy atom. The van der Waals surface area contributed by atoms with Gasteiger partial charge in [-0.3, -0.25) is 4.79 Å². The molecule has 15 heavy (non-hydrogen) atoms. The number of carboxylic acid groups (broad SMARTS) is 1. The third-order valence-electron chi connectivity index (χ3n) is 2.75. The molecule has 2 rings (SSSR count). The molecule has 0 atom stereocenters. The number of hydrogen-bond acceptors (Lipinski definition) is 1. The second-order valence-corrected chi connectivity index (χ2v) is 4.00. The summed E-state index contributed by atoms with van der Waals surface area (Å²) in [6.07, 6.45) is 4.17. The summed E-state index contributed by atoms with van der Waals surface area (Å²) >= 11 is 0. The molecule has 0 aliphatic heterocycles. The number of carboxylic acids is 1. The lowest BCUT2D eigenvalue weighted by atomic mass is 9.88. The fourth-order valence-electron chi connectivity index (χ4n) is 2.08. The summed E-state index contributed by atoms with van der Waals surface area (Å²) in [4.78, 5) is 10.7. The van der Waals surface area contributed by atoms with Gasteiger partial charge >= 0.3 is 5.97 Å². The maximum Gasteiger partial charge on any atom is 0.307 e. The molecule has 1 aromatic carbocycles. The quantitative estimate of drug-likeness (QED) is 0.800. The molecular formula is C13H14O2. The zero-order valence-corrected chi connectivity index (χ0v) is 8.79. The molecule has 0 aromatic heterocycles. The lowest BCUT2D eigenvalue weighted by Crippen LogP contribution is -2.04. The fraction of sp³-hybridized carbons (Fsp3) is 0.308. The second kappa shape index (κ2) is 3.89. The van der Waals surface area contributed by atoms with Crippen LogP contribution in [0.5, 0.6) is 0 Å². The van der Waals surface area contributed by atoms with Crippen molar-refractivity contribution in [1.82, 2.24) is 0 Å². The molecule has 78 valence electrons. The Labute approximate surface area is 89.2 Å². The minimum absolute atomic E-state index is 0.135. The number of aliphatic carboxylic acids is 1. The Morgan fingerprint density at radius 3 is 3.00 bits per heavy atom. The van der Waals surface area contributed by atoms with E-state index in [1.807, 2.05) is 18.2 Å². The van der Waals surface area contributed by atoms with Gasteiger partial charge in [0.25, 0.3) is 0 Å². The third kappa shape index (κ3) is 2.09. The highest BCUT2D eigenvalue weighted by molar-refractivity contribution is 5.85. The van der Waals surface area contributed by atoms with E-state index in [9.17, 15) is 4.79 Å². The number of aryl methyl sites for hydroxylation is 2. The third-order valence-corrected chi connectivity index (χ3v) is 2.75. The molecule has 0 amide bonds. The van der Waals surface area contributed by atoms with Crippen molar-refractivity contribution in [1.29, 1.82) is 0 Å². The zero-order chi connectivity index (χ0) is 10.8. The summed E-state index contributed by atoms with van der Waals surface area (Å²) in [6.45, 7) is 2.06. The van der Waals surface area contributed by atoms with E-state index in [0.717, 1.165) is 24.0 Å². The molecule has 0 spiro atoms. The largest absolute Gasteiger partial charge is 0.481 e. The van der Waals surface area contributed by atoms with Crippen molar-refractivity contribution in [2.75, 3.05) is 0 Å². The molecule has 0 saturated heterocycles. The Kier molecular flexibility index (Phi) is 2.58. The molecule has 0 saturated carbocycles. The number of fused-ring (bicyclic) bond motifs is 1. The van der Waals surface area contributed by atoms with Crippen molar-refractivity contribution in [3.05, 3.63) is 41.0 Å². The fourth-order valence-corrected chi connectivity index (χ4v) is 2.08. The number of allylic oxidation sites excluding steroid dienone is 1. The summed E-state index contributed by atoms with van der Waals surface area (Å²) in [5.74, 6) is -0.755. The van der Waals surface area contributed by atoms with E-state index in [1.165, 1.54) is 11.1 Å². The summed E-state index contributed by atoms with van der Waals surface area (Å²) in [5.41, 5.74) is 4.61. The summed E-state index contributed by atoms with van der Waals surface area (Å²) in [6, 6.07) is 6.24. The Hall–Kier alpha value is -1.57. The van der Waals surface area contributed by atoms with Crippen molar-refractivity contribution in [2.45, 2.75) is 26.2 Å². The van der Waals surface area contributed by atoms with E-state index in [1.54, 1.807) is 0 Å². The predicted octanol–water partition coefficient (Wildman–Crippen LogP) is 2.80. The van der Waals surface area contributed by atoms with Gasteiger partial charge in [0.1, 0.15) is 0 Å². The summed E-state index contributed by atoms with van der Waals surface area (Å²) in [7, 11) is 0. The van der Waals surface area contributed by atoms with Crippen molar-refractivity contribution in [3.8, 4) is 0 Å². The van der Waals surface area contributed by atoms with Gasteiger partial charge in [0.15, 0.2) is 0 Å². The van der Waals surface area contributed by atoms with Crippen LogP contribution in [0, 0.1) is 6.92 Å². The molecule has 1 aliphatic rings. The van der Waals surface area contributed by atoms with Crippen LogP contribution in [0.25, 0.3) is 5.57 Å². The first kappa shape index (κ1) is 9.97. The van der Waals surface area contributed by atoms with Crippen molar-refractivity contribution in [2.24, 2.45) is 0 Å². The van der Waals surface area contributed by atoms with E-state index < -0.39 is 5.97 Å². The van der Waals surface area contributed by atoms with Crippen LogP contribution in [-0.4, -0.2) is 11.1 Å². The standard InChI is InChI=1S/C13H14O2/c1-9-5-6-12-10(7-9)3-2-4-11(12)8-13(14)15/h4-7H,2-3,8H2,1H3,(H,14,15). The first-order chi connectivity index (χ1) is 7.16. The minimum atomic E-state index is -0.755. The number of benzene rings is 1. The Morgan fingerprint density at radius 1 is 1.47 bits per heavy atom. The molecule has 1 N–H and O–H groups in total. The van der Waals surface area contributed by atoms with Gasteiger partial charge in [-0.1, -0.05) is 29.8 Å². The van der Waals surface area contributed by atoms with Crippen LogP contribution in [0.15, 0.2) is 24.3 Å². The SMILES string of the molecule is Cc1ccc2c(c1)CCC=C2CC(=O)O. The molecule has 0 heterocycles. The van der Waals surface area contributed by atoms with E-state index in [0.29, 0.717) is 0 Å². The highest BCUT2D eigenvalue weighted by Gasteiger charge is 2.14. The van der Waals surface area contributed by atoms with Gasteiger partial charge in [-0.25, -0.2) is 0 Å². The van der Waals surface area contributed by atoms with Gasteiger partial charge in [-0.05, 0) is 36.5 Å². The number of carbonyl (C=O) groups is 1. The van der Waals surface area contributed by atoms with Crippen LogP contribution in [-0.2, 0) is 11.2 Å². The van der Waals surface area contributed by atoms with Crippen molar-refractivity contribution in [3.63, 3.8) is 0 Å². The van der Waals surface area contributed by atoms with E-state index in [-0.39, 0.29) is 6.42 Å². The molecule has 0 fully saturated rings. The molecule has 1 aliphatic carbocycles. The minimum Gasteiger partial charge on any atom is -0.481 e. The van der Waals surface area contributed by atoms with Gasteiger partial charge in [-0.2, -0.15) is 0 Å². The molecular weight excluding hydrogens is 188 g/mol. The second-order valence-electron chi connectivity index (χ2n) is 4.00. The number of hydrogen-bond donors (Lipinski definition) is 1. The van der Waals surface area contributed by atoms with Gasteiger partial charge in [-0.15, -0.1) is 0 Å². The Bertz CT molecular complexity index is 430. The van der Waals surface area contributed by atoms with E-state index in [4.69, 9.17) is 5.11 Å². The van der Waals surface area contributed by atoms with Gasteiger partial charge in [0, 0.05) is 0 Å². The molecule has 1 aromatic rings. The van der Waals surface area contributed by atoms with Crippen LogP contribution in [0.3, 0.4) is 0 Å². The van der Waals surface area contributed by atoms with Crippen LogP contribution >= 0.6 is 0 Å². The molecule has 0 bridgehead atoms. The van der Waals surface area contributed by atoms with Crippen LogP contribution in [0.1, 0.15) is 29.5 Å². The summed E-state index contributed by atoms with van der Waals surface area (Å²) in [5, 5.41) is 8.81. The predicted molar refractivity (Wildman–Crippen MR) is 59.7 cm³/mol. The van der Waals surface area contributed by atoms with Crippen molar-refractivity contribution < 1.29 is 9.90 Å². The van der Waals surface area contributed by atoms with Crippen molar-refractivity contribution >= 4 is 11.5 Å². The van der Waals surface area contributed by atoms with Gasteiger partial charge in [0.05, 0.1) is 6.42 Å². The van der Waals surface area contributed by atoms with Crippen LogP contribution < -0.4 is 0 Å². The first-order valence-corrected chi connectivity index (χ1v) is 5.17. The zero-order valence-electron chi connectivity index (χ0n) is 8.79. The smallest absolute Gasteiger partial charge is 0.307 e. The number of rotatable bonds is 2. The topological polar surface area (TPSA) is 37.3 Å². The average molecular weight is 202 g/mol. The maximum atomic E-state index is 10.7. The van der Waals surface area contributed by atoms with E-state index >= 15 is 0 Å². The van der Waals surface area contributed by atoms with E-state index in [2.05, 4.69) is 13.0 Å². The average Bonchev–Trinajstić information content (AvgIpc) is 2.16. The normalized spacial score (nSPS) is 14.3. The molecule has 0 unspecified atom stereocenters. The van der Waals surface area contributed by atoms with Gasteiger partial charge < -0.3 is 5.11 Å². The summed E-state index contributed by atoms with van der Waals surface area (Å²) < 4.78 is 0. The highest BCUT2D eigenvalue weighted by Crippen LogP contribution is 2.29. The lowest BCUT2D eigenvalue weighted by molar-refractivity contribution is -0.135. The van der Waals surface area contributed by atoms with Crippen LogP contribution in [0.2, 0.25) is 0 Å². The molecule has 2 heteroatoms. The highest BCUT2D eigenvalue weighted by atomic mass is 16.4. The molecule has 2 nitrogen and oxygen atoms in total. The van der Waals surface area contributed by atoms with Gasteiger partial charge in [0.2, 0.25) is 0 Å². The maximum absolute atomic E-state index is 10.7. The van der Waals surface area contributed by atoms with Crippen LogP contribution in [0.4, 0.5) is 0 Å². The lowest BCUT2D eigenvalue weighted by Gasteiger charge is -2.17. The molecule has 0 radical (unpaired) electrons.